The van der Waals surface area contributed by atoms with E-state index >= 15 is 0 Å². The SMILES string of the molecule is CCCCc1nc(C)n(C2N=CC(OCCC)=CN2)c(=O)c1Cc1ccc(-c2ccccc2/C=N/N=C/N)cc1. The van der Waals surface area contributed by atoms with Gasteiger partial charge < -0.3 is 15.8 Å². The average Bonchev–Trinajstić information content (AvgIpc) is 2.98. The zero-order valence-electron chi connectivity index (χ0n) is 23.4. The molecule has 9 nitrogen and oxygen atoms in total. The Kier molecular flexibility index (Phi) is 9.99. The molecule has 0 radical (unpaired) electrons. The third kappa shape index (κ3) is 6.91. The molecule has 0 saturated carbocycles. The summed E-state index contributed by atoms with van der Waals surface area (Å²) in [4.78, 5) is 23.3. The van der Waals surface area contributed by atoms with Crippen molar-refractivity contribution in [3.8, 4) is 11.1 Å². The lowest BCUT2D eigenvalue weighted by Crippen LogP contribution is -2.37. The van der Waals surface area contributed by atoms with E-state index < -0.39 is 6.29 Å². The molecule has 0 saturated heterocycles. The molecule has 0 fully saturated rings. The molecule has 1 aromatic heterocycles. The molecule has 1 aliphatic rings. The van der Waals surface area contributed by atoms with Gasteiger partial charge in [-0.15, -0.1) is 5.10 Å². The molecule has 208 valence electrons. The topological polar surface area (TPSA) is 119 Å². The monoisotopic (exact) mass is 539 g/mol. The smallest absolute Gasteiger partial charge is 0.260 e. The Balaban J connectivity index is 1.63. The average molecular weight is 540 g/mol. The largest absolute Gasteiger partial charge is 0.490 e. The van der Waals surface area contributed by atoms with Crippen molar-refractivity contribution in [2.24, 2.45) is 20.9 Å². The summed E-state index contributed by atoms with van der Waals surface area (Å²) in [5, 5.41) is 10.9. The normalized spacial score (nSPS) is 15.0. The summed E-state index contributed by atoms with van der Waals surface area (Å²) >= 11 is 0. The van der Waals surface area contributed by atoms with E-state index in [4.69, 9.17) is 15.5 Å². The first kappa shape index (κ1) is 28.5. The maximum absolute atomic E-state index is 13.9. The number of ether oxygens (including phenoxy) is 1. The molecule has 4 rings (SSSR count). The van der Waals surface area contributed by atoms with Crippen LogP contribution in [0.25, 0.3) is 11.1 Å². The Labute approximate surface area is 235 Å². The van der Waals surface area contributed by atoms with E-state index in [1.807, 2.05) is 31.2 Å². The molecule has 40 heavy (non-hydrogen) atoms. The number of nitrogens with two attached hydrogens (primary N) is 1. The predicted octanol–water partition coefficient (Wildman–Crippen LogP) is 4.87. The number of aromatic nitrogens is 2. The number of rotatable bonds is 12. The van der Waals surface area contributed by atoms with Crippen molar-refractivity contribution < 1.29 is 4.74 Å². The number of hydrogen-bond donors (Lipinski definition) is 2. The van der Waals surface area contributed by atoms with Gasteiger partial charge in [-0.25, -0.2) is 9.98 Å². The van der Waals surface area contributed by atoms with Gasteiger partial charge in [0.05, 0.1) is 24.7 Å². The van der Waals surface area contributed by atoms with Crippen molar-refractivity contribution >= 4 is 18.8 Å². The summed E-state index contributed by atoms with van der Waals surface area (Å²) in [7, 11) is 0. The fraction of sp³-hybridized carbons (Fsp3) is 0.323. The van der Waals surface area contributed by atoms with Crippen LogP contribution < -0.4 is 16.6 Å². The number of nitrogens with one attached hydrogen (secondary N) is 1. The summed E-state index contributed by atoms with van der Waals surface area (Å²) in [5.41, 5.74) is 10.8. The molecule has 0 bridgehead atoms. The van der Waals surface area contributed by atoms with Gasteiger partial charge in [-0.05, 0) is 42.9 Å². The van der Waals surface area contributed by atoms with Crippen molar-refractivity contribution in [2.75, 3.05) is 6.61 Å². The van der Waals surface area contributed by atoms with Gasteiger partial charge in [0, 0.05) is 23.7 Å². The summed E-state index contributed by atoms with van der Waals surface area (Å²) in [6.45, 7) is 6.66. The molecule has 1 aliphatic heterocycles. The molecule has 2 heterocycles. The minimum Gasteiger partial charge on any atom is -0.490 e. The van der Waals surface area contributed by atoms with Crippen molar-refractivity contribution in [1.29, 1.82) is 0 Å². The van der Waals surface area contributed by atoms with E-state index in [1.165, 1.54) is 0 Å². The first-order valence-electron chi connectivity index (χ1n) is 13.7. The fourth-order valence-corrected chi connectivity index (χ4v) is 4.58. The van der Waals surface area contributed by atoms with Gasteiger partial charge >= 0.3 is 0 Å². The fourth-order valence-electron chi connectivity index (χ4n) is 4.58. The zero-order chi connectivity index (χ0) is 28.3. The number of benzene rings is 2. The minimum atomic E-state index is -0.572. The van der Waals surface area contributed by atoms with Crippen LogP contribution in [-0.2, 0) is 17.6 Å². The summed E-state index contributed by atoms with van der Waals surface area (Å²) in [6.07, 6.45) is 9.83. The molecule has 1 unspecified atom stereocenters. The number of aryl methyl sites for hydroxylation is 2. The molecule has 3 N–H and O–H groups in total. The van der Waals surface area contributed by atoms with Crippen LogP contribution in [-0.4, -0.2) is 34.9 Å². The van der Waals surface area contributed by atoms with E-state index in [0.717, 1.165) is 60.0 Å². The highest BCUT2D eigenvalue weighted by atomic mass is 16.5. The predicted molar refractivity (Wildman–Crippen MR) is 162 cm³/mol. The first-order valence-corrected chi connectivity index (χ1v) is 13.7. The van der Waals surface area contributed by atoms with E-state index in [1.54, 1.807) is 23.2 Å². The maximum Gasteiger partial charge on any atom is 0.260 e. The van der Waals surface area contributed by atoms with Gasteiger partial charge in [0.25, 0.3) is 5.56 Å². The van der Waals surface area contributed by atoms with Crippen LogP contribution in [0.3, 0.4) is 0 Å². The van der Waals surface area contributed by atoms with Gasteiger partial charge in [0.2, 0.25) is 6.29 Å². The van der Waals surface area contributed by atoms with Crippen molar-refractivity contribution in [3.63, 3.8) is 0 Å². The first-order chi connectivity index (χ1) is 19.5. The molecule has 2 aromatic carbocycles. The third-order valence-corrected chi connectivity index (χ3v) is 6.61. The highest BCUT2D eigenvalue weighted by molar-refractivity contribution is 5.90. The van der Waals surface area contributed by atoms with Crippen LogP contribution in [0.15, 0.2) is 80.5 Å². The lowest BCUT2D eigenvalue weighted by Gasteiger charge is -2.23. The van der Waals surface area contributed by atoms with Crippen LogP contribution >= 0.6 is 0 Å². The van der Waals surface area contributed by atoms with E-state index in [-0.39, 0.29) is 5.56 Å². The lowest BCUT2D eigenvalue weighted by molar-refractivity contribution is 0.226. The Morgan fingerprint density at radius 1 is 1.10 bits per heavy atom. The highest BCUT2D eigenvalue weighted by Gasteiger charge is 2.21. The second-order valence-electron chi connectivity index (χ2n) is 9.55. The highest BCUT2D eigenvalue weighted by Crippen LogP contribution is 2.24. The Hall–Kier alpha value is -4.53. The second-order valence-corrected chi connectivity index (χ2v) is 9.55. The molecule has 0 aliphatic carbocycles. The number of nitrogens with zero attached hydrogens (tertiary/aromatic N) is 5. The van der Waals surface area contributed by atoms with Gasteiger partial charge in [0.1, 0.15) is 12.2 Å². The molecular formula is C31H37N7O2. The molecule has 9 heteroatoms. The summed E-state index contributed by atoms with van der Waals surface area (Å²) in [6, 6.07) is 16.2. The summed E-state index contributed by atoms with van der Waals surface area (Å²) < 4.78 is 7.27. The molecule has 0 amide bonds. The Bertz CT molecular complexity index is 1470. The number of hydrogen-bond acceptors (Lipinski definition) is 7. The van der Waals surface area contributed by atoms with E-state index in [9.17, 15) is 4.79 Å². The van der Waals surface area contributed by atoms with Gasteiger partial charge in [-0.2, -0.15) is 5.10 Å². The molecule has 0 spiro atoms. The molecular weight excluding hydrogens is 502 g/mol. The number of aliphatic imine (C=N–C) groups is 1. The number of allylic oxidation sites excluding steroid dienone is 1. The molecule has 1 atom stereocenters. The van der Waals surface area contributed by atoms with Gasteiger partial charge in [0.15, 0.2) is 5.76 Å². The zero-order valence-corrected chi connectivity index (χ0v) is 23.4. The standard InChI is InChI=1S/C31H37N7O2/c1-4-6-11-29-28(30(39)38(22(3)37-29)31-33-19-26(20-34-31)40-16-5-2)17-23-12-14-24(15-13-23)27-10-8-7-9-25(27)18-35-36-21-32/h7-10,12-15,18-21,31,33H,4-6,11,16-17H2,1-3H3,(H2,32,36)/b35-18+. The van der Waals surface area contributed by atoms with Crippen LogP contribution in [0, 0.1) is 6.92 Å². The lowest BCUT2D eigenvalue weighted by atomic mass is 9.96. The van der Waals surface area contributed by atoms with Gasteiger partial charge in [-0.3, -0.25) is 9.36 Å². The third-order valence-electron chi connectivity index (χ3n) is 6.61. The van der Waals surface area contributed by atoms with Crippen molar-refractivity contribution in [3.05, 3.63) is 99.1 Å². The maximum atomic E-state index is 13.9. The van der Waals surface area contributed by atoms with E-state index in [2.05, 4.69) is 58.6 Å². The van der Waals surface area contributed by atoms with Crippen molar-refractivity contribution in [2.45, 2.75) is 59.2 Å². The van der Waals surface area contributed by atoms with Crippen LogP contribution in [0.2, 0.25) is 0 Å². The van der Waals surface area contributed by atoms with E-state index in [0.29, 0.717) is 30.2 Å². The van der Waals surface area contributed by atoms with Gasteiger partial charge in [-0.1, -0.05) is 68.8 Å². The Morgan fingerprint density at radius 2 is 1.90 bits per heavy atom. The number of unbranched alkanes of at least 4 members (excludes halogenated alkanes) is 1. The molecule has 3 aromatic rings. The second kappa shape index (κ2) is 14.0. The van der Waals surface area contributed by atoms with Crippen LogP contribution in [0.4, 0.5) is 0 Å². The van der Waals surface area contributed by atoms with Crippen molar-refractivity contribution in [1.82, 2.24) is 14.9 Å². The summed E-state index contributed by atoms with van der Waals surface area (Å²) in [5.74, 6) is 1.28. The van der Waals surface area contributed by atoms with Crippen LogP contribution in [0.5, 0.6) is 0 Å². The van der Waals surface area contributed by atoms with Crippen LogP contribution in [0.1, 0.15) is 67.6 Å². The minimum absolute atomic E-state index is 0.0781. The Morgan fingerprint density at radius 3 is 2.60 bits per heavy atom. The quantitative estimate of drug-likeness (QED) is 0.193.